The van der Waals surface area contributed by atoms with E-state index in [9.17, 15) is 9.59 Å². The molecule has 1 aromatic heterocycles. The van der Waals surface area contributed by atoms with E-state index in [1.165, 1.54) is 0 Å². The van der Waals surface area contributed by atoms with Gasteiger partial charge in [0.25, 0.3) is 0 Å². The maximum absolute atomic E-state index is 12.1. The van der Waals surface area contributed by atoms with Gasteiger partial charge in [0.15, 0.2) is 0 Å². The molecule has 2 rings (SSSR count). The highest BCUT2D eigenvalue weighted by Crippen LogP contribution is 2.25. The first kappa shape index (κ1) is 15.1. The van der Waals surface area contributed by atoms with Crippen LogP contribution in [0.5, 0.6) is 0 Å². The standard InChI is InChI=1S/C16H19NO4/c1-4-20-14(18)9-12-11-8-10(3)6-7-13(11)17-15(12)16(19)21-5-2/h6-8,17H,4-5,9H2,1-3H3. The van der Waals surface area contributed by atoms with Crippen molar-refractivity contribution in [2.24, 2.45) is 0 Å². The number of carbonyl (C=O) groups is 2. The van der Waals surface area contributed by atoms with Crippen molar-refractivity contribution in [3.8, 4) is 0 Å². The van der Waals surface area contributed by atoms with Crippen LogP contribution in [0.1, 0.15) is 35.5 Å². The molecule has 0 saturated carbocycles. The first-order chi connectivity index (χ1) is 10.1. The average Bonchev–Trinajstić information content (AvgIpc) is 2.78. The Labute approximate surface area is 123 Å². The predicted octanol–water partition coefficient (Wildman–Crippen LogP) is 2.76. The van der Waals surface area contributed by atoms with E-state index in [0.717, 1.165) is 16.5 Å². The van der Waals surface area contributed by atoms with Crippen LogP contribution in [-0.4, -0.2) is 30.1 Å². The Morgan fingerprint density at radius 2 is 1.86 bits per heavy atom. The third-order valence-electron chi connectivity index (χ3n) is 3.17. The van der Waals surface area contributed by atoms with Crippen LogP contribution in [0.4, 0.5) is 0 Å². The number of rotatable bonds is 5. The molecule has 0 atom stereocenters. The minimum atomic E-state index is -0.453. The largest absolute Gasteiger partial charge is 0.466 e. The summed E-state index contributed by atoms with van der Waals surface area (Å²) < 4.78 is 10.0. The van der Waals surface area contributed by atoms with Crippen molar-refractivity contribution in [3.05, 3.63) is 35.0 Å². The summed E-state index contributed by atoms with van der Waals surface area (Å²) in [5.74, 6) is -0.809. The summed E-state index contributed by atoms with van der Waals surface area (Å²) >= 11 is 0. The number of hydrogen-bond donors (Lipinski definition) is 1. The summed E-state index contributed by atoms with van der Waals surface area (Å²) in [5.41, 5.74) is 2.82. The van der Waals surface area contributed by atoms with Crippen molar-refractivity contribution in [1.82, 2.24) is 4.98 Å². The molecular formula is C16H19NO4. The van der Waals surface area contributed by atoms with Crippen LogP contribution in [0.2, 0.25) is 0 Å². The second kappa shape index (κ2) is 6.43. The molecule has 1 heterocycles. The van der Waals surface area contributed by atoms with Gasteiger partial charge in [-0.2, -0.15) is 0 Å². The van der Waals surface area contributed by atoms with Crippen LogP contribution in [0, 0.1) is 6.92 Å². The molecule has 5 heteroatoms. The van der Waals surface area contributed by atoms with Gasteiger partial charge in [-0.25, -0.2) is 4.79 Å². The maximum atomic E-state index is 12.1. The fraction of sp³-hybridized carbons (Fsp3) is 0.375. The van der Waals surface area contributed by atoms with Crippen molar-refractivity contribution in [1.29, 1.82) is 0 Å². The highest BCUT2D eigenvalue weighted by Gasteiger charge is 2.21. The molecule has 0 aliphatic carbocycles. The molecule has 0 bridgehead atoms. The van der Waals surface area contributed by atoms with Gasteiger partial charge in [-0.15, -0.1) is 0 Å². The highest BCUT2D eigenvalue weighted by atomic mass is 16.5. The number of fused-ring (bicyclic) bond motifs is 1. The van der Waals surface area contributed by atoms with Gasteiger partial charge >= 0.3 is 11.9 Å². The minimum Gasteiger partial charge on any atom is -0.466 e. The Balaban J connectivity index is 2.50. The van der Waals surface area contributed by atoms with E-state index in [2.05, 4.69) is 4.98 Å². The zero-order chi connectivity index (χ0) is 15.4. The van der Waals surface area contributed by atoms with Crippen LogP contribution < -0.4 is 0 Å². The Morgan fingerprint density at radius 3 is 2.52 bits per heavy atom. The second-order valence-corrected chi connectivity index (χ2v) is 4.73. The number of H-pyrrole nitrogens is 1. The van der Waals surface area contributed by atoms with Crippen molar-refractivity contribution in [2.45, 2.75) is 27.2 Å². The molecule has 1 N–H and O–H groups in total. The molecular weight excluding hydrogens is 270 g/mol. The van der Waals surface area contributed by atoms with Crippen LogP contribution in [0.15, 0.2) is 18.2 Å². The SMILES string of the molecule is CCOC(=O)Cc1c(C(=O)OCC)[nH]c2ccc(C)cc12. The Morgan fingerprint density at radius 1 is 1.14 bits per heavy atom. The number of aromatic nitrogens is 1. The molecule has 0 fully saturated rings. The van der Waals surface area contributed by atoms with Crippen LogP contribution >= 0.6 is 0 Å². The molecule has 0 unspecified atom stereocenters. The smallest absolute Gasteiger partial charge is 0.355 e. The summed E-state index contributed by atoms with van der Waals surface area (Å²) in [4.78, 5) is 26.9. The van der Waals surface area contributed by atoms with E-state index < -0.39 is 5.97 Å². The lowest BCUT2D eigenvalue weighted by Crippen LogP contribution is -2.12. The monoisotopic (exact) mass is 289 g/mol. The third-order valence-corrected chi connectivity index (χ3v) is 3.17. The van der Waals surface area contributed by atoms with E-state index in [1.54, 1.807) is 13.8 Å². The normalized spacial score (nSPS) is 10.6. The number of esters is 2. The molecule has 1 aromatic carbocycles. The van der Waals surface area contributed by atoms with E-state index in [1.807, 2.05) is 25.1 Å². The van der Waals surface area contributed by atoms with Gasteiger partial charge in [0.2, 0.25) is 0 Å². The van der Waals surface area contributed by atoms with E-state index in [0.29, 0.717) is 17.9 Å². The van der Waals surface area contributed by atoms with Crippen LogP contribution in [-0.2, 0) is 20.7 Å². The summed E-state index contributed by atoms with van der Waals surface area (Å²) in [6.07, 6.45) is 0.0471. The van der Waals surface area contributed by atoms with Gasteiger partial charge in [0.05, 0.1) is 19.6 Å². The number of aryl methyl sites for hydroxylation is 1. The first-order valence-electron chi connectivity index (χ1n) is 7.00. The lowest BCUT2D eigenvalue weighted by atomic mass is 10.1. The highest BCUT2D eigenvalue weighted by molar-refractivity contribution is 6.00. The molecule has 21 heavy (non-hydrogen) atoms. The fourth-order valence-corrected chi connectivity index (χ4v) is 2.28. The van der Waals surface area contributed by atoms with Crippen molar-refractivity contribution in [2.75, 3.05) is 13.2 Å². The lowest BCUT2D eigenvalue weighted by molar-refractivity contribution is -0.142. The van der Waals surface area contributed by atoms with Crippen molar-refractivity contribution in [3.63, 3.8) is 0 Å². The van der Waals surface area contributed by atoms with Crippen molar-refractivity contribution >= 4 is 22.8 Å². The molecule has 0 amide bonds. The minimum absolute atomic E-state index is 0.0471. The summed E-state index contributed by atoms with van der Waals surface area (Å²) in [7, 11) is 0. The Hall–Kier alpha value is -2.30. The van der Waals surface area contributed by atoms with E-state index in [-0.39, 0.29) is 19.0 Å². The molecule has 0 saturated heterocycles. The zero-order valence-electron chi connectivity index (χ0n) is 12.5. The summed E-state index contributed by atoms with van der Waals surface area (Å²) in [5, 5.41) is 0.853. The quantitative estimate of drug-likeness (QED) is 0.859. The van der Waals surface area contributed by atoms with Crippen LogP contribution in [0.3, 0.4) is 0 Å². The van der Waals surface area contributed by atoms with Crippen molar-refractivity contribution < 1.29 is 19.1 Å². The third kappa shape index (κ3) is 3.24. The van der Waals surface area contributed by atoms with Gasteiger partial charge in [0.1, 0.15) is 5.69 Å². The molecule has 0 radical (unpaired) electrons. The number of hydrogen-bond acceptors (Lipinski definition) is 4. The number of benzene rings is 1. The summed E-state index contributed by atoms with van der Waals surface area (Å²) in [6, 6.07) is 5.78. The molecule has 112 valence electrons. The zero-order valence-corrected chi connectivity index (χ0v) is 12.5. The van der Waals surface area contributed by atoms with Gasteiger partial charge in [-0.05, 0) is 32.9 Å². The second-order valence-electron chi connectivity index (χ2n) is 4.73. The molecule has 2 aromatic rings. The lowest BCUT2D eigenvalue weighted by Gasteiger charge is -2.05. The molecule has 0 aliphatic heterocycles. The van der Waals surface area contributed by atoms with Gasteiger partial charge < -0.3 is 14.5 Å². The molecule has 5 nitrogen and oxygen atoms in total. The number of ether oxygens (including phenoxy) is 2. The Kier molecular flexibility index (Phi) is 4.62. The molecule has 0 aliphatic rings. The van der Waals surface area contributed by atoms with E-state index >= 15 is 0 Å². The maximum Gasteiger partial charge on any atom is 0.355 e. The molecule has 0 spiro atoms. The summed E-state index contributed by atoms with van der Waals surface area (Å²) in [6.45, 7) is 6.06. The van der Waals surface area contributed by atoms with Gasteiger partial charge in [0, 0.05) is 16.5 Å². The average molecular weight is 289 g/mol. The topological polar surface area (TPSA) is 68.4 Å². The Bertz CT molecular complexity index is 672. The predicted molar refractivity (Wildman–Crippen MR) is 79.3 cm³/mol. The number of aromatic amines is 1. The fourth-order valence-electron chi connectivity index (χ4n) is 2.28. The first-order valence-corrected chi connectivity index (χ1v) is 7.00. The van der Waals surface area contributed by atoms with Gasteiger partial charge in [-0.1, -0.05) is 11.6 Å². The van der Waals surface area contributed by atoms with E-state index in [4.69, 9.17) is 9.47 Å². The van der Waals surface area contributed by atoms with Gasteiger partial charge in [-0.3, -0.25) is 4.79 Å². The number of nitrogens with one attached hydrogen (secondary N) is 1. The number of carbonyl (C=O) groups excluding carboxylic acids is 2. The van der Waals surface area contributed by atoms with Crippen LogP contribution in [0.25, 0.3) is 10.9 Å².